The van der Waals surface area contributed by atoms with Gasteiger partial charge in [0.15, 0.2) is 5.82 Å². The Morgan fingerprint density at radius 1 is 0.977 bits per heavy atom. The van der Waals surface area contributed by atoms with E-state index in [-0.39, 0.29) is 5.89 Å². The number of carbonyl (C=O) groups excluding carboxylic acids is 1. The number of fused-ring (bicyclic) bond motifs is 1. The Labute approximate surface area is 252 Å². The van der Waals surface area contributed by atoms with Crippen LogP contribution in [0.2, 0.25) is 0 Å². The number of aromatic nitrogens is 5. The second-order valence-electron chi connectivity index (χ2n) is 10.3. The third-order valence-corrected chi connectivity index (χ3v) is 9.80. The zero-order valence-electron chi connectivity index (χ0n) is 23.0. The van der Waals surface area contributed by atoms with Crippen molar-refractivity contribution in [1.29, 1.82) is 0 Å². The fraction of sp³-hybridized carbons (Fsp3) is 0.200. The maximum atomic E-state index is 12.7. The summed E-state index contributed by atoms with van der Waals surface area (Å²) in [6.07, 6.45) is 0.0181. The second-order valence-corrected chi connectivity index (χ2v) is 12.5. The van der Waals surface area contributed by atoms with Gasteiger partial charge in [0.1, 0.15) is 17.2 Å². The molecule has 216 valence electrons. The van der Waals surface area contributed by atoms with E-state index >= 15 is 0 Å². The van der Waals surface area contributed by atoms with Gasteiger partial charge in [-0.2, -0.15) is 0 Å². The second kappa shape index (κ2) is 10.4. The van der Waals surface area contributed by atoms with Crippen LogP contribution in [0, 0.1) is 0 Å². The number of hydrogen-bond acceptors (Lipinski definition) is 10. The van der Waals surface area contributed by atoms with Crippen LogP contribution in [0.15, 0.2) is 71.1 Å². The molecule has 4 heterocycles. The minimum atomic E-state index is -1.03. The number of rotatable bonds is 8. The number of nitrogens with one attached hydrogen (secondary N) is 1. The van der Waals surface area contributed by atoms with Gasteiger partial charge in [-0.15, -0.1) is 38.0 Å². The van der Waals surface area contributed by atoms with Gasteiger partial charge < -0.3 is 14.3 Å². The fourth-order valence-corrected chi connectivity index (χ4v) is 7.18. The largest absolute Gasteiger partial charge is 0.480 e. The SMILES string of the molecule is C[C@@H](OC(=O)Nc1c(-c2cc3sc(-c4ccc(-c5nnc(C6(C(=O)O)CC6)o5)cc4)cc3s2)nnn1C)c1ccccc1. The molecule has 1 saturated carbocycles. The predicted molar refractivity (Wildman–Crippen MR) is 162 cm³/mol. The molecule has 13 heteroatoms. The summed E-state index contributed by atoms with van der Waals surface area (Å²) >= 11 is 3.21. The zero-order chi connectivity index (χ0) is 29.7. The average molecular weight is 613 g/mol. The highest BCUT2D eigenvalue weighted by atomic mass is 32.1. The molecule has 2 N–H and O–H groups in total. The van der Waals surface area contributed by atoms with Crippen LogP contribution in [0.3, 0.4) is 0 Å². The van der Waals surface area contributed by atoms with Gasteiger partial charge in [-0.1, -0.05) is 47.7 Å². The lowest BCUT2D eigenvalue weighted by Gasteiger charge is -2.14. The number of nitrogens with zero attached hydrogens (tertiary/aromatic N) is 5. The van der Waals surface area contributed by atoms with Crippen molar-refractivity contribution >= 4 is 50.0 Å². The van der Waals surface area contributed by atoms with E-state index in [9.17, 15) is 14.7 Å². The summed E-state index contributed by atoms with van der Waals surface area (Å²) < 4.78 is 15.0. The summed E-state index contributed by atoms with van der Waals surface area (Å²) in [7, 11) is 1.72. The molecule has 7 rings (SSSR count). The van der Waals surface area contributed by atoms with Gasteiger partial charge in [0.2, 0.25) is 11.8 Å². The van der Waals surface area contributed by atoms with E-state index in [0.29, 0.717) is 30.2 Å². The number of benzene rings is 2. The van der Waals surface area contributed by atoms with Crippen molar-refractivity contribution in [3.8, 4) is 32.5 Å². The van der Waals surface area contributed by atoms with E-state index < -0.39 is 23.6 Å². The predicted octanol–water partition coefficient (Wildman–Crippen LogP) is 6.90. The molecule has 1 atom stereocenters. The van der Waals surface area contributed by atoms with Crippen molar-refractivity contribution in [2.75, 3.05) is 5.32 Å². The lowest BCUT2D eigenvalue weighted by molar-refractivity contribution is -0.140. The molecule has 1 aliphatic carbocycles. The van der Waals surface area contributed by atoms with E-state index in [1.54, 1.807) is 29.7 Å². The zero-order valence-corrected chi connectivity index (χ0v) is 24.6. The number of carboxylic acid groups (broad SMARTS) is 1. The number of amides is 1. The number of anilines is 1. The van der Waals surface area contributed by atoms with Crippen molar-refractivity contribution in [2.45, 2.75) is 31.3 Å². The highest BCUT2D eigenvalue weighted by Gasteiger charge is 2.56. The number of carboxylic acids is 1. The number of carbonyl (C=O) groups is 2. The summed E-state index contributed by atoms with van der Waals surface area (Å²) in [6.45, 7) is 1.82. The van der Waals surface area contributed by atoms with Crippen LogP contribution in [0.4, 0.5) is 10.6 Å². The van der Waals surface area contributed by atoms with Crippen LogP contribution in [0.5, 0.6) is 0 Å². The van der Waals surface area contributed by atoms with E-state index in [2.05, 4.69) is 31.9 Å². The summed E-state index contributed by atoms with van der Waals surface area (Å²) in [5, 5.41) is 28.8. The molecule has 43 heavy (non-hydrogen) atoms. The van der Waals surface area contributed by atoms with E-state index in [0.717, 1.165) is 35.8 Å². The smallest absolute Gasteiger partial charge is 0.413 e. The van der Waals surface area contributed by atoms with Crippen LogP contribution in [0.1, 0.15) is 37.3 Å². The Bertz CT molecular complexity index is 1940. The van der Waals surface area contributed by atoms with Crippen LogP contribution in [-0.2, 0) is 22.0 Å². The number of thiophene rings is 2. The minimum Gasteiger partial charge on any atom is -0.480 e. The molecule has 0 spiro atoms. The van der Waals surface area contributed by atoms with Gasteiger partial charge in [0.25, 0.3) is 0 Å². The van der Waals surface area contributed by atoms with E-state index in [1.807, 2.05) is 67.6 Å². The van der Waals surface area contributed by atoms with E-state index in [4.69, 9.17) is 9.15 Å². The van der Waals surface area contributed by atoms with Crippen molar-refractivity contribution < 1.29 is 23.8 Å². The lowest BCUT2D eigenvalue weighted by atomic mass is 10.1. The third kappa shape index (κ3) is 4.96. The molecule has 4 aromatic heterocycles. The highest BCUT2D eigenvalue weighted by molar-refractivity contribution is 7.31. The number of ether oxygens (including phenoxy) is 1. The Morgan fingerprint density at radius 2 is 1.65 bits per heavy atom. The molecular formula is C30H24N6O5S2. The third-order valence-electron chi connectivity index (χ3n) is 7.45. The summed E-state index contributed by atoms with van der Waals surface area (Å²) in [5.41, 5.74) is 2.19. The van der Waals surface area contributed by atoms with Gasteiger partial charge >= 0.3 is 12.1 Å². The average Bonchev–Trinajstić information content (AvgIpc) is 3.30. The highest BCUT2D eigenvalue weighted by Crippen LogP contribution is 2.48. The Hall–Kier alpha value is -4.88. The molecule has 0 unspecified atom stereocenters. The molecule has 2 aromatic carbocycles. The van der Waals surface area contributed by atoms with Crippen LogP contribution in [0.25, 0.3) is 41.9 Å². The van der Waals surface area contributed by atoms with E-state index in [1.165, 1.54) is 4.68 Å². The number of aryl methyl sites for hydroxylation is 1. The minimum absolute atomic E-state index is 0.161. The number of hydrogen-bond donors (Lipinski definition) is 2. The van der Waals surface area contributed by atoms with Crippen molar-refractivity contribution in [1.82, 2.24) is 25.2 Å². The quantitative estimate of drug-likeness (QED) is 0.187. The van der Waals surface area contributed by atoms with Crippen LogP contribution < -0.4 is 5.32 Å². The molecule has 1 fully saturated rings. The molecule has 1 amide bonds. The van der Waals surface area contributed by atoms with Gasteiger partial charge in [0.05, 0.1) is 4.88 Å². The molecule has 0 radical (unpaired) electrons. The van der Waals surface area contributed by atoms with Crippen LogP contribution >= 0.6 is 22.7 Å². The first-order valence-electron chi connectivity index (χ1n) is 13.4. The topological polar surface area (TPSA) is 145 Å². The molecule has 11 nitrogen and oxygen atoms in total. The number of aliphatic carboxylic acids is 1. The standard InChI is InChI=1S/C30H24N6O5S2/c1-16(17-6-4-3-5-7-17)40-29(39)31-25-24(32-35-36(25)2)23-15-22-21(43-23)14-20(42-22)18-8-10-19(11-9-18)26-33-34-27(41-26)30(12-13-30)28(37)38/h3-11,14-16H,12-13H2,1-2H3,(H,31,39)(H,37,38)/t16-/m1/s1. The van der Waals surface area contributed by atoms with Crippen molar-refractivity contribution in [2.24, 2.45) is 7.05 Å². The van der Waals surface area contributed by atoms with Gasteiger partial charge in [0, 0.05) is 26.9 Å². The fourth-order valence-electron chi connectivity index (χ4n) is 4.79. The Balaban J connectivity index is 1.07. The molecular weight excluding hydrogens is 589 g/mol. The monoisotopic (exact) mass is 612 g/mol. The van der Waals surface area contributed by atoms with Gasteiger partial charge in [-0.3, -0.25) is 10.1 Å². The van der Waals surface area contributed by atoms with Crippen molar-refractivity contribution in [3.05, 3.63) is 78.2 Å². The summed E-state index contributed by atoms with van der Waals surface area (Å²) in [4.78, 5) is 26.2. The first kappa shape index (κ1) is 27.0. The summed E-state index contributed by atoms with van der Waals surface area (Å²) in [5.74, 6) is -0.0112. The maximum Gasteiger partial charge on any atom is 0.413 e. The normalized spacial score (nSPS) is 14.5. The van der Waals surface area contributed by atoms with Crippen LogP contribution in [-0.4, -0.2) is 42.4 Å². The molecule has 0 aliphatic heterocycles. The molecule has 0 bridgehead atoms. The molecule has 0 saturated heterocycles. The van der Waals surface area contributed by atoms with Crippen molar-refractivity contribution in [3.63, 3.8) is 0 Å². The molecule has 6 aromatic rings. The van der Waals surface area contributed by atoms with Gasteiger partial charge in [-0.05, 0) is 55.2 Å². The Morgan fingerprint density at radius 3 is 2.35 bits per heavy atom. The lowest BCUT2D eigenvalue weighted by Crippen LogP contribution is -2.19. The maximum absolute atomic E-state index is 12.7. The first-order valence-corrected chi connectivity index (χ1v) is 15.1. The Kier molecular flexibility index (Phi) is 6.55. The first-order chi connectivity index (χ1) is 20.8. The summed E-state index contributed by atoms with van der Waals surface area (Å²) in [6, 6.07) is 21.4. The van der Waals surface area contributed by atoms with Gasteiger partial charge in [-0.25, -0.2) is 9.48 Å². The molecule has 1 aliphatic rings.